The number of anilines is 1. The zero-order valence-corrected chi connectivity index (χ0v) is 13.0. The molecule has 0 aliphatic carbocycles. The molecule has 4 nitrogen and oxygen atoms in total. The van der Waals surface area contributed by atoms with Crippen LogP contribution in [0.4, 0.5) is 5.69 Å². The average molecular weight is 312 g/mol. The van der Waals surface area contributed by atoms with Gasteiger partial charge < -0.3 is 5.32 Å². The van der Waals surface area contributed by atoms with Gasteiger partial charge in [-0.3, -0.25) is 14.8 Å². The van der Waals surface area contributed by atoms with Crippen LogP contribution in [0.3, 0.4) is 0 Å². The van der Waals surface area contributed by atoms with Crippen molar-refractivity contribution < 1.29 is 4.79 Å². The molecule has 0 aliphatic heterocycles. The van der Waals surface area contributed by atoms with Gasteiger partial charge in [-0.2, -0.15) is 0 Å². The van der Waals surface area contributed by atoms with E-state index in [-0.39, 0.29) is 5.91 Å². The van der Waals surface area contributed by atoms with Gasteiger partial charge in [0.05, 0.1) is 27.5 Å². The third kappa shape index (κ3) is 2.65. The molecule has 5 heteroatoms. The fraction of sp³-hybridized carbons (Fsp3) is 0.118. The highest BCUT2D eigenvalue weighted by molar-refractivity contribution is 6.39. The molecule has 0 saturated heterocycles. The number of rotatable bonds is 2. The van der Waals surface area contributed by atoms with E-state index < -0.39 is 0 Å². The molecule has 1 N–H and O–H groups in total. The smallest absolute Gasteiger partial charge is 0.257 e. The van der Waals surface area contributed by atoms with Crippen molar-refractivity contribution in [3.63, 3.8) is 0 Å². The molecule has 0 saturated carbocycles. The van der Waals surface area contributed by atoms with Crippen LogP contribution < -0.4 is 5.32 Å². The summed E-state index contributed by atoms with van der Waals surface area (Å²) in [5.41, 5.74) is 3.54. The summed E-state index contributed by atoms with van der Waals surface area (Å²) in [7, 11) is 0. The SMILES string of the molecule is Cc1ccc(NC(=O)c2ccc3ncccc3c2Cl)c(C)n1. The quantitative estimate of drug-likeness (QED) is 0.773. The Balaban J connectivity index is 1.97. The van der Waals surface area contributed by atoms with Gasteiger partial charge in [-0.15, -0.1) is 0 Å². The standard InChI is InChI=1S/C17H14ClN3O/c1-10-5-7-14(11(2)20-10)21-17(22)13-6-8-15-12(16(13)18)4-3-9-19-15/h3-9H,1-2H3,(H,21,22). The van der Waals surface area contributed by atoms with Gasteiger partial charge in [-0.1, -0.05) is 11.6 Å². The molecule has 0 unspecified atom stereocenters. The van der Waals surface area contributed by atoms with Crippen LogP contribution >= 0.6 is 11.6 Å². The van der Waals surface area contributed by atoms with E-state index in [1.54, 1.807) is 24.4 Å². The van der Waals surface area contributed by atoms with Gasteiger partial charge in [0.15, 0.2) is 0 Å². The number of aryl methyl sites for hydroxylation is 2. The lowest BCUT2D eigenvalue weighted by molar-refractivity contribution is 0.102. The van der Waals surface area contributed by atoms with E-state index in [9.17, 15) is 4.79 Å². The molecular weight excluding hydrogens is 298 g/mol. The monoisotopic (exact) mass is 311 g/mol. The first-order valence-corrected chi connectivity index (χ1v) is 7.23. The summed E-state index contributed by atoms with van der Waals surface area (Å²) >= 11 is 6.35. The number of hydrogen-bond donors (Lipinski definition) is 1. The number of fused-ring (bicyclic) bond motifs is 1. The Hall–Kier alpha value is -2.46. The van der Waals surface area contributed by atoms with Crippen molar-refractivity contribution in [2.45, 2.75) is 13.8 Å². The topological polar surface area (TPSA) is 54.9 Å². The number of halogens is 1. The Morgan fingerprint density at radius 3 is 2.73 bits per heavy atom. The molecule has 0 radical (unpaired) electrons. The summed E-state index contributed by atoms with van der Waals surface area (Å²) in [6.45, 7) is 3.76. The summed E-state index contributed by atoms with van der Waals surface area (Å²) in [5, 5.41) is 4.02. The van der Waals surface area contributed by atoms with Gasteiger partial charge >= 0.3 is 0 Å². The Labute approximate surface area is 133 Å². The third-order valence-corrected chi connectivity index (χ3v) is 3.84. The number of nitrogens with zero attached hydrogens (tertiary/aromatic N) is 2. The number of pyridine rings is 2. The first-order chi connectivity index (χ1) is 10.6. The van der Waals surface area contributed by atoms with Gasteiger partial charge in [0.1, 0.15) is 0 Å². The third-order valence-electron chi connectivity index (χ3n) is 3.44. The molecule has 1 aromatic carbocycles. The fourth-order valence-electron chi connectivity index (χ4n) is 2.30. The molecule has 0 bridgehead atoms. The number of amides is 1. The van der Waals surface area contributed by atoms with E-state index in [1.807, 2.05) is 32.0 Å². The highest BCUT2D eigenvalue weighted by Gasteiger charge is 2.14. The Bertz CT molecular complexity index is 877. The minimum absolute atomic E-state index is 0.260. The van der Waals surface area contributed by atoms with Crippen LogP contribution in [0.5, 0.6) is 0 Å². The molecule has 3 aromatic rings. The van der Waals surface area contributed by atoms with E-state index >= 15 is 0 Å². The minimum Gasteiger partial charge on any atom is -0.320 e. The van der Waals surface area contributed by atoms with Crippen molar-refractivity contribution in [3.05, 3.63) is 64.6 Å². The maximum atomic E-state index is 12.5. The average Bonchev–Trinajstić information content (AvgIpc) is 2.50. The minimum atomic E-state index is -0.260. The molecule has 2 aromatic heterocycles. The number of hydrogen-bond acceptors (Lipinski definition) is 3. The van der Waals surface area contributed by atoms with Crippen LogP contribution in [0, 0.1) is 13.8 Å². The summed E-state index contributed by atoms with van der Waals surface area (Å²) < 4.78 is 0. The highest BCUT2D eigenvalue weighted by Crippen LogP contribution is 2.27. The molecular formula is C17H14ClN3O. The molecule has 110 valence electrons. The predicted octanol–water partition coefficient (Wildman–Crippen LogP) is 4.15. The van der Waals surface area contributed by atoms with Crippen molar-refractivity contribution in [2.75, 3.05) is 5.32 Å². The molecule has 0 spiro atoms. The normalized spacial score (nSPS) is 10.7. The van der Waals surface area contributed by atoms with Crippen LogP contribution in [0.25, 0.3) is 10.9 Å². The van der Waals surface area contributed by atoms with E-state index in [2.05, 4.69) is 15.3 Å². The van der Waals surface area contributed by atoms with Gasteiger partial charge in [0, 0.05) is 17.3 Å². The van der Waals surface area contributed by atoms with Crippen LogP contribution in [-0.2, 0) is 0 Å². The second kappa shape index (κ2) is 5.73. The fourth-order valence-corrected chi connectivity index (χ4v) is 2.61. The molecule has 0 atom stereocenters. The number of carbonyl (C=O) groups excluding carboxylic acids is 1. The van der Waals surface area contributed by atoms with Crippen LogP contribution in [0.15, 0.2) is 42.6 Å². The Morgan fingerprint density at radius 2 is 1.95 bits per heavy atom. The zero-order valence-electron chi connectivity index (χ0n) is 12.2. The lowest BCUT2D eigenvalue weighted by atomic mass is 10.1. The molecule has 0 aliphatic rings. The predicted molar refractivity (Wildman–Crippen MR) is 88.4 cm³/mol. The summed E-state index contributed by atoms with van der Waals surface area (Å²) in [5.74, 6) is -0.260. The van der Waals surface area contributed by atoms with Crippen LogP contribution in [0.2, 0.25) is 5.02 Å². The summed E-state index contributed by atoms with van der Waals surface area (Å²) in [6, 6.07) is 10.8. The highest BCUT2D eigenvalue weighted by atomic mass is 35.5. The van der Waals surface area contributed by atoms with Crippen LogP contribution in [0.1, 0.15) is 21.7 Å². The molecule has 0 fully saturated rings. The van der Waals surface area contributed by atoms with E-state index in [0.29, 0.717) is 16.3 Å². The Kier molecular flexibility index (Phi) is 3.77. The van der Waals surface area contributed by atoms with Gasteiger partial charge in [-0.25, -0.2) is 0 Å². The number of carbonyl (C=O) groups is 1. The van der Waals surface area contributed by atoms with E-state index in [1.165, 1.54) is 0 Å². The number of aromatic nitrogens is 2. The van der Waals surface area contributed by atoms with E-state index in [4.69, 9.17) is 11.6 Å². The maximum absolute atomic E-state index is 12.5. The maximum Gasteiger partial charge on any atom is 0.257 e. The van der Waals surface area contributed by atoms with Crippen molar-refractivity contribution in [1.29, 1.82) is 0 Å². The first kappa shape index (κ1) is 14.5. The zero-order chi connectivity index (χ0) is 15.7. The summed E-state index contributed by atoms with van der Waals surface area (Å²) in [4.78, 5) is 21.0. The van der Waals surface area contributed by atoms with Crippen molar-refractivity contribution in [2.24, 2.45) is 0 Å². The van der Waals surface area contributed by atoms with Crippen LogP contribution in [-0.4, -0.2) is 15.9 Å². The van der Waals surface area contributed by atoms with Crippen molar-refractivity contribution in [3.8, 4) is 0 Å². The van der Waals surface area contributed by atoms with Gasteiger partial charge in [-0.05, 0) is 50.2 Å². The van der Waals surface area contributed by atoms with Gasteiger partial charge in [0.25, 0.3) is 5.91 Å². The lowest BCUT2D eigenvalue weighted by Gasteiger charge is -2.10. The lowest BCUT2D eigenvalue weighted by Crippen LogP contribution is -2.14. The number of nitrogens with one attached hydrogen (secondary N) is 1. The second-order valence-electron chi connectivity index (χ2n) is 5.04. The van der Waals surface area contributed by atoms with Crippen molar-refractivity contribution >= 4 is 34.1 Å². The van der Waals surface area contributed by atoms with Gasteiger partial charge in [0.2, 0.25) is 0 Å². The molecule has 1 amide bonds. The summed E-state index contributed by atoms with van der Waals surface area (Å²) in [6.07, 6.45) is 1.69. The molecule has 22 heavy (non-hydrogen) atoms. The van der Waals surface area contributed by atoms with Crippen molar-refractivity contribution in [1.82, 2.24) is 9.97 Å². The molecule has 3 rings (SSSR count). The largest absolute Gasteiger partial charge is 0.320 e. The Morgan fingerprint density at radius 1 is 1.14 bits per heavy atom. The first-order valence-electron chi connectivity index (χ1n) is 6.85. The second-order valence-corrected chi connectivity index (χ2v) is 5.41. The molecule has 2 heterocycles. The number of benzene rings is 1. The van der Waals surface area contributed by atoms with E-state index in [0.717, 1.165) is 22.3 Å².